The van der Waals surface area contributed by atoms with Crippen LogP contribution in [0.3, 0.4) is 0 Å². The lowest BCUT2D eigenvalue weighted by Crippen LogP contribution is -2.36. The lowest BCUT2D eigenvalue weighted by molar-refractivity contribution is 0.0929. The Hall–Kier alpha value is -3.47. The largest absolute Gasteiger partial charge is 0.349 e. The molecule has 1 fully saturated rings. The Labute approximate surface area is 187 Å². The minimum atomic E-state index is -0.305. The Morgan fingerprint density at radius 2 is 1.66 bits per heavy atom. The van der Waals surface area contributed by atoms with E-state index in [1.807, 2.05) is 22.9 Å². The van der Waals surface area contributed by atoms with Gasteiger partial charge in [-0.2, -0.15) is 0 Å². The number of carbonyl (C=O) groups is 1. The second-order valence-electron chi connectivity index (χ2n) is 8.54. The first-order valence-electron chi connectivity index (χ1n) is 11.3. The molecule has 1 saturated carbocycles. The van der Waals surface area contributed by atoms with E-state index in [4.69, 9.17) is 0 Å². The van der Waals surface area contributed by atoms with Crippen LogP contribution in [0, 0.1) is 5.82 Å². The first kappa shape index (κ1) is 20.4. The number of halogens is 1. The molecule has 2 heterocycles. The number of fused-ring (bicyclic) bond motifs is 1. The van der Waals surface area contributed by atoms with Gasteiger partial charge >= 0.3 is 0 Å². The molecule has 2 aromatic heterocycles. The van der Waals surface area contributed by atoms with Crippen LogP contribution in [0.15, 0.2) is 73.2 Å². The first-order valence-corrected chi connectivity index (χ1v) is 11.3. The van der Waals surface area contributed by atoms with Crippen LogP contribution in [-0.2, 0) is 6.54 Å². The van der Waals surface area contributed by atoms with Crippen LogP contribution in [0.4, 0.5) is 4.39 Å². The molecule has 0 unspecified atom stereocenters. The van der Waals surface area contributed by atoms with Gasteiger partial charge < -0.3 is 9.88 Å². The van der Waals surface area contributed by atoms with Crippen molar-refractivity contribution in [2.75, 3.05) is 0 Å². The molecule has 0 bridgehead atoms. The molecule has 4 nitrogen and oxygen atoms in total. The maximum Gasteiger partial charge on any atom is 0.253 e. The number of hydrogen-bond donors (Lipinski definition) is 1. The van der Waals surface area contributed by atoms with Gasteiger partial charge in [0.2, 0.25) is 0 Å². The number of amides is 1. The fourth-order valence-electron chi connectivity index (χ4n) is 4.66. The fraction of sp³-hybridized carbons (Fsp3) is 0.259. The molecule has 0 aliphatic heterocycles. The van der Waals surface area contributed by atoms with E-state index in [0.717, 1.165) is 42.4 Å². The van der Waals surface area contributed by atoms with E-state index < -0.39 is 0 Å². The Kier molecular flexibility index (Phi) is 5.71. The lowest BCUT2D eigenvalue weighted by atomic mass is 9.95. The number of nitrogens with one attached hydrogen (secondary N) is 1. The average molecular weight is 428 g/mol. The highest BCUT2D eigenvalue weighted by Gasteiger charge is 2.20. The topological polar surface area (TPSA) is 46.9 Å². The number of pyridine rings is 1. The number of nitrogens with zero attached hydrogens (tertiary/aromatic N) is 2. The predicted octanol–water partition coefficient (Wildman–Crippen LogP) is 5.95. The van der Waals surface area contributed by atoms with Crippen molar-refractivity contribution in [3.63, 3.8) is 0 Å². The summed E-state index contributed by atoms with van der Waals surface area (Å²) in [5.74, 6) is -0.420. The third-order valence-corrected chi connectivity index (χ3v) is 6.38. The number of rotatable bonds is 5. The van der Waals surface area contributed by atoms with Gasteiger partial charge in [0.25, 0.3) is 5.91 Å². The molecule has 0 radical (unpaired) electrons. The van der Waals surface area contributed by atoms with Crippen molar-refractivity contribution in [1.82, 2.24) is 14.9 Å². The average Bonchev–Trinajstić information content (AvgIpc) is 3.25. The predicted molar refractivity (Wildman–Crippen MR) is 125 cm³/mol. The molecular weight excluding hydrogens is 401 g/mol. The van der Waals surface area contributed by atoms with E-state index in [1.54, 1.807) is 24.5 Å². The summed E-state index contributed by atoms with van der Waals surface area (Å²) in [7, 11) is 0. The van der Waals surface area contributed by atoms with E-state index in [2.05, 4.69) is 34.6 Å². The van der Waals surface area contributed by atoms with E-state index in [1.165, 1.54) is 12.5 Å². The Morgan fingerprint density at radius 3 is 2.41 bits per heavy atom. The molecular formula is C27H26FN3O. The second kappa shape index (κ2) is 8.95. The third-order valence-electron chi connectivity index (χ3n) is 6.38. The second-order valence-corrected chi connectivity index (χ2v) is 8.54. The molecule has 1 aliphatic rings. The van der Waals surface area contributed by atoms with Crippen molar-refractivity contribution in [2.24, 2.45) is 0 Å². The van der Waals surface area contributed by atoms with Gasteiger partial charge in [-0.05, 0) is 59.9 Å². The van der Waals surface area contributed by atoms with E-state index >= 15 is 0 Å². The van der Waals surface area contributed by atoms with Gasteiger partial charge in [0, 0.05) is 36.6 Å². The summed E-state index contributed by atoms with van der Waals surface area (Å²) in [5.41, 5.74) is 4.50. The van der Waals surface area contributed by atoms with Gasteiger partial charge in [0.1, 0.15) is 5.82 Å². The quantitative estimate of drug-likeness (QED) is 0.428. The van der Waals surface area contributed by atoms with E-state index in [-0.39, 0.29) is 17.8 Å². The van der Waals surface area contributed by atoms with Gasteiger partial charge in [-0.15, -0.1) is 0 Å². The Balaban J connectivity index is 1.43. The molecule has 5 rings (SSSR count). The standard InChI is InChI=1S/C27H26FN3O/c28-25-11-10-24(27(32)30-22-4-2-1-3-5-22)26-23(25)14-17-31(26)18-19-6-8-20(9-7-19)21-12-15-29-16-13-21/h6-17,22H,1-5,18H2,(H,30,32). The van der Waals surface area contributed by atoms with Gasteiger partial charge in [-0.25, -0.2) is 4.39 Å². The van der Waals surface area contributed by atoms with Crippen molar-refractivity contribution in [2.45, 2.75) is 44.7 Å². The summed E-state index contributed by atoms with van der Waals surface area (Å²) in [4.78, 5) is 17.2. The van der Waals surface area contributed by atoms with Crippen LogP contribution in [-0.4, -0.2) is 21.5 Å². The fourth-order valence-corrected chi connectivity index (χ4v) is 4.66. The molecule has 1 aliphatic carbocycles. The summed E-state index contributed by atoms with van der Waals surface area (Å²) in [6.07, 6.45) is 11.0. The molecule has 0 saturated heterocycles. The van der Waals surface area contributed by atoms with Crippen LogP contribution >= 0.6 is 0 Å². The van der Waals surface area contributed by atoms with Crippen LogP contribution in [0.1, 0.15) is 48.0 Å². The van der Waals surface area contributed by atoms with E-state index in [9.17, 15) is 9.18 Å². The molecule has 2 aromatic carbocycles. The van der Waals surface area contributed by atoms with Crippen LogP contribution < -0.4 is 5.32 Å². The molecule has 0 atom stereocenters. The molecule has 4 aromatic rings. The van der Waals surface area contributed by atoms with Crippen molar-refractivity contribution < 1.29 is 9.18 Å². The normalized spacial score (nSPS) is 14.5. The molecule has 1 amide bonds. The molecule has 32 heavy (non-hydrogen) atoms. The monoisotopic (exact) mass is 427 g/mol. The minimum Gasteiger partial charge on any atom is -0.349 e. The molecule has 5 heteroatoms. The van der Waals surface area contributed by atoms with Crippen LogP contribution in [0.25, 0.3) is 22.0 Å². The van der Waals surface area contributed by atoms with Crippen molar-refractivity contribution in [1.29, 1.82) is 0 Å². The number of aromatic nitrogens is 2. The van der Waals surface area contributed by atoms with Crippen molar-refractivity contribution in [3.8, 4) is 11.1 Å². The highest BCUT2D eigenvalue weighted by molar-refractivity contribution is 6.06. The van der Waals surface area contributed by atoms with Crippen molar-refractivity contribution in [3.05, 3.63) is 90.1 Å². The number of hydrogen-bond acceptors (Lipinski definition) is 2. The zero-order valence-electron chi connectivity index (χ0n) is 17.9. The summed E-state index contributed by atoms with van der Waals surface area (Å²) < 4.78 is 16.5. The SMILES string of the molecule is O=C(NC1CCCCC1)c1ccc(F)c2ccn(Cc3ccc(-c4ccncc4)cc3)c12. The van der Waals surface area contributed by atoms with E-state index in [0.29, 0.717) is 23.0 Å². The smallest absolute Gasteiger partial charge is 0.253 e. The highest BCUT2D eigenvalue weighted by atomic mass is 19.1. The van der Waals surface area contributed by atoms with Crippen LogP contribution in [0.5, 0.6) is 0 Å². The lowest BCUT2D eigenvalue weighted by Gasteiger charge is -2.23. The summed E-state index contributed by atoms with van der Waals surface area (Å²) >= 11 is 0. The van der Waals surface area contributed by atoms with Gasteiger partial charge in [0.15, 0.2) is 0 Å². The summed E-state index contributed by atoms with van der Waals surface area (Å²) in [6, 6.07) is 17.2. The highest BCUT2D eigenvalue weighted by Crippen LogP contribution is 2.26. The Morgan fingerprint density at radius 1 is 0.938 bits per heavy atom. The number of benzene rings is 2. The minimum absolute atomic E-state index is 0.116. The first-order chi connectivity index (χ1) is 15.7. The summed E-state index contributed by atoms with van der Waals surface area (Å²) in [5, 5.41) is 3.65. The molecule has 0 spiro atoms. The maximum absolute atomic E-state index is 14.5. The van der Waals surface area contributed by atoms with Gasteiger partial charge in [0.05, 0.1) is 11.1 Å². The van der Waals surface area contributed by atoms with Gasteiger partial charge in [-0.1, -0.05) is 43.5 Å². The van der Waals surface area contributed by atoms with Crippen molar-refractivity contribution >= 4 is 16.8 Å². The number of carbonyl (C=O) groups excluding carboxylic acids is 1. The van der Waals surface area contributed by atoms with Gasteiger partial charge in [-0.3, -0.25) is 9.78 Å². The van der Waals surface area contributed by atoms with Crippen LogP contribution in [0.2, 0.25) is 0 Å². The summed E-state index contributed by atoms with van der Waals surface area (Å²) in [6.45, 7) is 0.563. The maximum atomic E-state index is 14.5. The third kappa shape index (κ3) is 4.15. The zero-order chi connectivity index (χ0) is 21.9. The molecule has 1 N–H and O–H groups in total. The molecule has 162 valence electrons. The zero-order valence-corrected chi connectivity index (χ0v) is 17.9. The Bertz CT molecular complexity index is 1230.